The van der Waals surface area contributed by atoms with Crippen molar-refractivity contribution in [2.45, 2.75) is 0 Å². The van der Waals surface area contributed by atoms with Crippen LogP contribution in [0.25, 0.3) is 98.4 Å². The highest BCUT2D eigenvalue weighted by atomic mass is 16.3. The van der Waals surface area contributed by atoms with Gasteiger partial charge in [0.15, 0.2) is 0 Å². The summed E-state index contributed by atoms with van der Waals surface area (Å²) in [5.74, 6) is 0. The summed E-state index contributed by atoms with van der Waals surface area (Å²) in [5.41, 5.74) is 9.16. The minimum atomic E-state index is 0.917. The lowest BCUT2D eigenvalue weighted by Crippen LogP contribution is -1.91. The molecule has 0 aliphatic carbocycles. The molecule has 10 rings (SSSR count). The van der Waals surface area contributed by atoms with Crippen molar-refractivity contribution in [2.24, 2.45) is 0 Å². The Labute approximate surface area is 271 Å². The standard InChI is InChI=1S/C46H28O/c1-3-15-33-29(12-1)14-11-22-36(33)45-39-20-7-5-18-37(39)43(38-19-6-8-21-40(38)45)30-24-26-31(27-25-30)44-34-16-4-2-13-32(34)28-41-35-17-9-10-23-42(35)47-46(41)44/h1-28H. The summed E-state index contributed by atoms with van der Waals surface area (Å²) in [6.07, 6.45) is 0. The fraction of sp³-hybridized carbons (Fsp3) is 0. The third-order valence-corrected chi connectivity index (χ3v) is 9.84. The first-order chi connectivity index (χ1) is 23.3. The molecule has 1 heteroatoms. The molecule has 10 aromatic rings. The molecule has 0 saturated carbocycles. The summed E-state index contributed by atoms with van der Waals surface area (Å²) < 4.78 is 6.56. The number of benzene rings is 9. The summed E-state index contributed by atoms with van der Waals surface area (Å²) in [5, 5.41) is 12.3. The Kier molecular flexibility index (Phi) is 5.64. The van der Waals surface area contributed by atoms with Gasteiger partial charge in [0.1, 0.15) is 11.2 Å². The van der Waals surface area contributed by atoms with E-state index >= 15 is 0 Å². The van der Waals surface area contributed by atoms with Gasteiger partial charge in [-0.3, -0.25) is 0 Å². The predicted octanol–water partition coefficient (Wildman–Crippen LogP) is 13.2. The van der Waals surface area contributed by atoms with Crippen LogP contribution in [0.3, 0.4) is 0 Å². The monoisotopic (exact) mass is 596 g/mol. The fourth-order valence-corrected chi connectivity index (χ4v) is 7.79. The van der Waals surface area contributed by atoms with E-state index in [4.69, 9.17) is 4.42 Å². The van der Waals surface area contributed by atoms with Crippen molar-refractivity contribution in [2.75, 3.05) is 0 Å². The Hall–Kier alpha value is -6.18. The topological polar surface area (TPSA) is 13.1 Å². The van der Waals surface area contributed by atoms with E-state index in [1.165, 1.54) is 65.3 Å². The van der Waals surface area contributed by atoms with Crippen LogP contribution in [0.1, 0.15) is 0 Å². The van der Waals surface area contributed by atoms with Gasteiger partial charge in [-0.2, -0.15) is 0 Å². The van der Waals surface area contributed by atoms with E-state index in [0.29, 0.717) is 0 Å². The number of furan rings is 1. The Morgan fingerprint density at radius 2 is 0.787 bits per heavy atom. The average molecular weight is 597 g/mol. The Morgan fingerprint density at radius 1 is 0.298 bits per heavy atom. The first-order valence-corrected chi connectivity index (χ1v) is 16.2. The first kappa shape index (κ1) is 26.1. The molecule has 0 saturated heterocycles. The van der Waals surface area contributed by atoms with Gasteiger partial charge in [-0.1, -0.05) is 158 Å². The van der Waals surface area contributed by atoms with Crippen molar-refractivity contribution < 1.29 is 4.42 Å². The zero-order valence-corrected chi connectivity index (χ0v) is 25.6. The van der Waals surface area contributed by atoms with Crippen molar-refractivity contribution in [3.63, 3.8) is 0 Å². The Balaban J connectivity index is 1.23. The van der Waals surface area contributed by atoms with Crippen LogP contribution in [-0.2, 0) is 0 Å². The minimum absolute atomic E-state index is 0.917. The molecule has 0 spiro atoms. The zero-order valence-electron chi connectivity index (χ0n) is 25.6. The van der Waals surface area contributed by atoms with Crippen LogP contribution in [0.2, 0.25) is 0 Å². The van der Waals surface area contributed by atoms with Gasteiger partial charge in [-0.25, -0.2) is 0 Å². The molecule has 0 atom stereocenters. The molecule has 0 unspecified atom stereocenters. The van der Waals surface area contributed by atoms with Crippen LogP contribution >= 0.6 is 0 Å². The highest BCUT2D eigenvalue weighted by Gasteiger charge is 2.19. The van der Waals surface area contributed by atoms with Gasteiger partial charge in [0, 0.05) is 16.3 Å². The molecular weight excluding hydrogens is 569 g/mol. The van der Waals surface area contributed by atoms with Crippen LogP contribution in [0.4, 0.5) is 0 Å². The van der Waals surface area contributed by atoms with Crippen LogP contribution in [0, 0.1) is 0 Å². The van der Waals surface area contributed by atoms with E-state index < -0.39 is 0 Å². The third-order valence-electron chi connectivity index (χ3n) is 9.84. The van der Waals surface area contributed by atoms with Crippen LogP contribution in [-0.4, -0.2) is 0 Å². The minimum Gasteiger partial charge on any atom is -0.455 e. The van der Waals surface area contributed by atoms with E-state index in [0.717, 1.165) is 33.1 Å². The smallest absolute Gasteiger partial charge is 0.143 e. The molecule has 47 heavy (non-hydrogen) atoms. The van der Waals surface area contributed by atoms with Gasteiger partial charge >= 0.3 is 0 Å². The summed E-state index contributed by atoms with van der Waals surface area (Å²) in [4.78, 5) is 0. The average Bonchev–Trinajstić information content (AvgIpc) is 3.51. The quantitative estimate of drug-likeness (QED) is 0.185. The van der Waals surface area contributed by atoms with Gasteiger partial charge in [0.25, 0.3) is 0 Å². The maximum absolute atomic E-state index is 6.56. The molecule has 0 radical (unpaired) electrons. The first-order valence-electron chi connectivity index (χ1n) is 16.2. The van der Waals surface area contributed by atoms with E-state index in [1.807, 2.05) is 6.07 Å². The molecule has 218 valence electrons. The molecule has 0 aliphatic heterocycles. The second kappa shape index (κ2) is 10.2. The molecule has 0 N–H and O–H groups in total. The van der Waals surface area contributed by atoms with Crippen molar-refractivity contribution in [1.29, 1.82) is 0 Å². The van der Waals surface area contributed by atoms with Crippen LogP contribution in [0.5, 0.6) is 0 Å². The van der Waals surface area contributed by atoms with Crippen LogP contribution < -0.4 is 0 Å². The van der Waals surface area contributed by atoms with Crippen LogP contribution in [0.15, 0.2) is 174 Å². The molecule has 0 amide bonds. The molecule has 0 aliphatic rings. The van der Waals surface area contributed by atoms with Crippen molar-refractivity contribution >= 4 is 65.0 Å². The Morgan fingerprint density at radius 3 is 1.47 bits per heavy atom. The van der Waals surface area contributed by atoms with Crippen molar-refractivity contribution in [1.82, 2.24) is 0 Å². The number of hydrogen-bond donors (Lipinski definition) is 0. The van der Waals surface area contributed by atoms with Crippen molar-refractivity contribution in [3.05, 3.63) is 170 Å². The van der Waals surface area contributed by atoms with Gasteiger partial charge < -0.3 is 4.42 Å². The number of hydrogen-bond acceptors (Lipinski definition) is 1. The summed E-state index contributed by atoms with van der Waals surface area (Å²) in [6, 6.07) is 61.5. The zero-order chi connectivity index (χ0) is 30.9. The van der Waals surface area contributed by atoms with Gasteiger partial charge in [0.2, 0.25) is 0 Å². The second-order valence-corrected chi connectivity index (χ2v) is 12.4. The van der Waals surface area contributed by atoms with Gasteiger partial charge in [-0.15, -0.1) is 0 Å². The molecular formula is C46H28O. The summed E-state index contributed by atoms with van der Waals surface area (Å²) in [7, 11) is 0. The lowest BCUT2D eigenvalue weighted by atomic mass is 9.84. The maximum atomic E-state index is 6.56. The van der Waals surface area contributed by atoms with Crippen molar-refractivity contribution in [3.8, 4) is 33.4 Å². The molecule has 0 fully saturated rings. The molecule has 0 bridgehead atoms. The molecule has 1 aromatic heterocycles. The summed E-state index contributed by atoms with van der Waals surface area (Å²) in [6.45, 7) is 0. The fourth-order valence-electron chi connectivity index (χ4n) is 7.79. The van der Waals surface area contributed by atoms with E-state index in [2.05, 4.69) is 164 Å². The lowest BCUT2D eigenvalue weighted by molar-refractivity contribution is 0.670. The lowest BCUT2D eigenvalue weighted by Gasteiger charge is -2.19. The van der Waals surface area contributed by atoms with E-state index in [-0.39, 0.29) is 0 Å². The highest BCUT2D eigenvalue weighted by molar-refractivity contribution is 6.24. The highest BCUT2D eigenvalue weighted by Crippen LogP contribution is 2.46. The van der Waals surface area contributed by atoms with Gasteiger partial charge in [0.05, 0.1) is 0 Å². The predicted molar refractivity (Wildman–Crippen MR) is 200 cm³/mol. The van der Waals surface area contributed by atoms with Gasteiger partial charge in [-0.05, 0) is 83.0 Å². The molecule has 1 nitrogen and oxygen atoms in total. The van der Waals surface area contributed by atoms with E-state index in [1.54, 1.807) is 0 Å². The molecule has 9 aromatic carbocycles. The summed E-state index contributed by atoms with van der Waals surface area (Å²) >= 11 is 0. The SMILES string of the molecule is c1ccc2c(-c3c4ccccc4c(-c4ccc(-c5c6ccccc6cc6c5oc5ccccc56)cc4)c4ccccc34)cccc2c1. The Bertz CT molecular complexity index is 2770. The number of fused-ring (bicyclic) bond motifs is 7. The normalized spacial score (nSPS) is 11.8. The second-order valence-electron chi connectivity index (χ2n) is 12.4. The maximum Gasteiger partial charge on any atom is 0.143 e. The number of para-hydroxylation sites is 1. The number of rotatable bonds is 3. The largest absolute Gasteiger partial charge is 0.455 e. The third kappa shape index (κ3) is 3.90. The van der Waals surface area contributed by atoms with E-state index in [9.17, 15) is 0 Å². The molecule has 1 heterocycles.